The Morgan fingerprint density at radius 3 is 2.31 bits per heavy atom. The first-order valence-electron chi connectivity index (χ1n) is 9.64. The number of carbonyl (C=O) groups excluding carboxylic acids is 1. The zero-order valence-electron chi connectivity index (χ0n) is 17.9. The van der Waals surface area contributed by atoms with Gasteiger partial charge in [-0.25, -0.2) is 0 Å². The summed E-state index contributed by atoms with van der Waals surface area (Å²) in [7, 11) is 4.67. The molecule has 0 aliphatic carbocycles. The number of ketones is 1. The summed E-state index contributed by atoms with van der Waals surface area (Å²) in [6.45, 7) is 0.254. The third-order valence-electron chi connectivity index (χ3n) is 4.68. The van der Waals surface area contributed by atoms with Crippen LogP contribution in [0.3, 0.4) is 0 Å². The number of halogens is 2. The van der Waals surface area contributed by atoms with Crippen LogP contribution >= 0.6 is 27.5 Å². The van der Waals surface area contributed by atoms with Crippen LogP contribution in [0.5, 0.6) is 23.0 Å². The molecule has 3 aromatic rings. The fourth-order valence-electron chi connectivity index (χ4n) is 3.03. The molecule has 32 heavy (non-hydrogen) atoms. The molecule has 0 aliphatic rings. The number of rotatable bonds is 9. The second kappa shape index (κ2) is 11.1. The molecule has 3 rings (SSSR count). The highest BCUT2D eigenvalue weighted by Gasteiger charge is 2.12. The minimum atomic E-state index is -0.198. The summed E-state index contributed by atoms with van der Waals surface area (Å²) < 4.78 is 22.7. The maximum Gasteiger partial charge on any atom is 0.189 e. The van der Waals surface area contributed by atoms with Crippen LogP contribution in [0.2, 0.25) is 5.02 Å². The third kappa shape index (κ3) is 5.84. The Balaban J connectivity index is 1.80. The lowest BCUT2D eigenvalue weighted by Crippen LogP contribution is -2.01. The first-order chi connectivity index (χ1) is 15.4. The molecule has 5 nitrogen and oxygen atoms in total. The normalized spacial score (nSPS) is 10.8. The van der Waals surface area contributed by atoms with E-state index in [-0.39, 0.29) is 12.4 Å². The van der Waals surface area contributed by atoms with E-state index in [1.54, 1.807) is 50.6 Å². The van der Waals surface area contributed by atoms with Gasteiger partial charge < -0.3 is 18.9 Å². The second-order valence-electron chi connectivity index (χ2n) is 6.70. The molecule has 0 spiro atoms. The average Bonchev–Trinajstić information content (AvgIpc) is 2.81. The van der Waals surface area contributed by atoms with Crippen molar-refractivity contribution in [2.75, 3.05) is 21.3 Å². The standard InChI is InChI=1S/C25H22BrClO5/c1-29-19-7-11-24(31-3)20(14-19)22(28)8-4-16-5-9-23(30-2)17(12-16)15-32-25-10-6-18(26)13-21(25)27/h4-14H,15H2,1-3H3/b8-4+. The lowest BCUT2D eigenvalue weighted by Gasteiger charge is -2.12. The van der Waals surface area contributed by atoms with Crippen LogP contribution in [0.1, 0.15) is 21.5 Å². The van der Waals surface area contributed by atoms with E-state index in [0.717, 1.165) is 15.6 Å². The van der Waals surface area contributed by atoms with E-state index in [9.17, 15) is 4.79 Å². The van der Waals surface area contributed by atoms with Gasteiger partial charge in [0.05, 0.1) is 31.9 Å². The Bertz CT molecular complexity index is 1140. The van der Waals surface area contributed by atoms with Crippen molar-refractivity contribution in [2.24, 2.45) is 0 Å². The predicted molar refractivity (Wildman–Crippen MR) is 129 cm³/mol. The van der Waals surface area contributed by atoms with Crippen molar-refractivity contribution >= 4 is 39.4 Å². The number of hydrogen-bond acceptors (Lipinski definition) is 5. The summed E-state index contributed by atoms with van der Waals surface area (Å²) in [5.41, 5.74) is 2.06. The molecule has 7 heteroatoms. The number of hydrogen-bond donors (Lipinski definition) is 0. The van der Waals surface area contributed by atoms with E-state index in [2.05, 4.69) is 15.9 Å². The summed E-state index contributed by atoms with van der Waals surface area (Å²) in [4.78, 5) is 12.8. The molecular formula is C25H22BrClO5. The molecule has 0 atom stereocenters. The van der Waals surface area contributed by atoms with Gasteiger partial charge in [0.15, 0.2) is 5.78 Å². The maximum absolute atomic E-state index is 12.8. The lowest BCUT2D eigenvalue weighted by atomic mass is 10.1. The third-order valence-corrected chi connectivity index (χ3v) is 5.47. The first-order valence-corrected chi connectivity index (χ1v) is 10.8. The summed E-state index contributed by atoms with van der Waals surface area (Å²) in [6, 6.07) is 16.1. The van der Waals surface area contributed by atoms with Crippen molar-refractivity contribution in [1.82, 2.24) is 0 Å². The van der Waals surface area contributed by atoms with E-state index in [4.69, 9.17) is 30.5 Å². The lowest BCUT2D eigenvalue weighted by molar-refractivity contribution is 0.104. The summed E-state index contributed by atoms with van der Waals surface area (Å²) >= 11 is 9.61. The van der Waals surface area contributed by atoms with Gasteiger partial charge in [-0.1, -0.05) is 39.7 Å². The zero-order chi connectivity index (χ0) is 23.1. The van der Waals surface area contributed by atoms with Crippen LogP contribution in [-0.2, 0) is 6.61 Å². The van der Waals surface area contributed by atoms with Crippen LogP contribution in [0.4, 0.5) is 0 Å². The highest BCUT2D eigenvalue weighted by atomic mass is 79.9. The van der Waals surface area contributed by atoms with Crippen molar-refractivity contribution in [3.8, 4) is 23.0 Å². The Hall–Kier alpha value is -2.96. The van der Waals surface area contributed by atoms with Gasteiger partial charge in [0.25, 0.3) is 0 Å². The van der Waals surface area contributed by atoms with Gasteiger partial charge in [0.2, 0.25) is 0 Å². The van der Waals surface area contributed by atoms with Crippen molar-refractivity contribution in [3.63, 3.8) is 0 Å². The number of ether oxygens (including phenoxy) is 4. The second-order valence-corrected chi connectivity index (χ2v) is 8.02. The largest absolute Gasteiger partial charge is 0.497 e. The highest BCUT2D eigenvalue weighted by molar-refractivity contribution is 9.10. The number of methoxy groups -OCH3 is 3. The predicted octanol–water partition coefficient (Wildman–Crippen LogP) is 6.60. The van der Waals surface area contributed by atoms with Crippen LogP contribution in [0.25, 0.3) is 6.08 Å². The molecule has 0 aliphatic heterocycles. The SMILES string of the molecule is COc1ccc(OC)c(C(=O)/C=C/c2ccc(OC)c(COc3ccc(Br)cc3Cl)c2)c1. The van der Waals surface area contributed by atoms with E-state index < -0.39 is 0 Å². The molecule has 0 saturated heterocycles. The fraction of sp³-hybridized carbons (Fsp3) is 0.160. The number of allylic oxidation sites excluding steroid dienone is 1. The minimum Gasteiger partial charge on any atom is -0.497 e. The maximum atomic E-state index is 12.8. The molecule has 0 fully saturated rings. The van der Waals surface area contributed by atoms with Gasteiger partial charge in [0.1, 0.15) is 29.6 Å². The molecule has 0 heterocycles. The Labute approximate surface area is 200 Å². The van der Waals surface area contributed by atoms with Crippen LogP contribution < -0.4 is 18.9 Å². The average molecular weight is 518 g/mol. The minimum absolute atomic E-state index is 0.198. The van der Waals surface area contributed by atoms with Crippen molar-refractivity contribution in [3.05, 3.63) is 86.9 Å². The quantitative estimate of drug-likeness (QED) is 0.236. The zero-order valence-corrected chi connectivity index (χ0v) is 20.2. The van der Waals surface area contributed by atoms with E-state index in [0.29, 0.717) is 33.6 Å². The van der Waals surface area contributed by atoms with Gasteiger partial charge in [-0.3, -0.25) is 4.79 Å². The molecule has 0 unspecified atom stereocenters. The van der Waals surface area contributed by atoms with Crippen molar-refractivity contribution in [2.45, 2.75) is 6.61 Å². The van der Waals surface area contributed by atoms with E-state index >= 15 is 0 Å². The monoisotopic (exact) mass is 516 g/mol. The summed E-state index contributed by atoms with van der Waals surface area (Å²) in [5, 5.41) is 0.507. The Kier molecular flexibility index (Phi) is 8.20. The molecule has 0 N–H and O–H groups in total. The highest BCUT2D eigenvalue weighted by Crippen LogP contribution is 2.30. The molecule has 3 aromatic carbocycles. The molecule has 166 valence electrons. The number of carbonyl (C=O) groups is 1. The van der Waals surface area contributed by atoms with Gasteiger partial charge in [-0.15, -0.1) is 0 Å². The van der Waals surface area contributed by atoms with Crippen molar-refractivity contribution < 1.29 is 23.7 Å². The summed E-state index contributed by atoms with van der Waals surface area (Å²) in [6.07, 6.45) is 3.23. The van der Waals surface area contributed by atoms with Crippen molar-refractivity contribution in [1.29, 1.82) is 0 Å². The molecule has 0 aromatic heterocycles. The van der Waals surface area contributed by atoms with Gasteiger partial charge >= 0.3 is 0 Å². The molecule has 0 bridgehead atoms. The van der Waals surface area contributed by atoms with E-state index in [1.165, 1.54) is 13.2 Å². The fourth-order valence-corrected chi connectivity index (χ4v) is 3.76. The molecular weight excluding hydrogens is 496 g/mol. The van der Waals surface area contributed by atoms with Crippen LogP contribution in [0, 0.1) is 0 Å². The Morgan fingerprint density at radius 1 is 0.906 bits per heavy atom. The van der Waals surface area contributed by atoms with Crippen LogP contribution in [0.15, 0.2) is 65.1 Å². The Morgan fingerprint density at radius 2 is 1.62 bits per heavy atom. The smallest absolute Gasteiger partial charge is 0.189 e. The first kappa shape index (κ1) is 23.7. The van der Waals surface area contributed by atoms with Crippen LogP contribution in [-0.4, -0.2) is 27.1 Å². The van der Waals surface area contributed by atoms with Gasteiger partial charge in [-0.05, 0) is 60.2 Å². The summed E-state index contributed by atoms with van der Waals surface area (Å²) in [5.74, 6) is 2.11. The molecule has 0 amide bonds. The van der Waals surface area contributed by atoms with Gasteiger partial charge in [-0.2, -0.15) is 0 Å². The number of benzene rings is 3. The molecule has 0 radical (unpaired) electrons. The van der Waals surface area contributed by atoms with E-state index in [1.807, 2.05) is 24.3 Å². The molecule has 0 saturated carbocycles. The van der Waals surface area contributed by atoms with Gasteiger partial charge in [0, 0.05) is 10.0 Å². The topological polar surface area (TPSA) is 54.0 Å².